The van der Waals surface area contributed by atoms with Gasteiger partial charge in [0.05, 0.1) is 28.5 Å². The molecule has 2 heterocycles. The second-order valence-corrected chi connectivity index (χ2v) is 6.03. The molecule has 1 N–H and O–H groups in total. The molecule has 4 nitrogen and oxygen atoms in total. The van der Waals surface area contributed by atoms with Crippen LogP contribution in [0.4, 0.5) is 0 Å². The molecule has 108 valence electrons. The predicted octanol–water partition coefficient (Wildman–Crippen LogP) is 3.18. The van der Waals surface area contributed by atoms with E-state index in [-0.39, 0.29) is 0 Å². The third kappa shape index (κ3) is 4.04. The Hall–Kier alpha value is -0.390. The van der Waals surface area contributed by atoms with Gasteiger partial charge in [-0.05, 0) is 54.6 Å². The Bertz CT molecular complexity index is 369. The maximum absolute atomic E-state index is 5.82. The molecule has 0 spiro atoms. The summed E-state index contributed by atoms with van der Waals surface area (Å²) in [4.78, 5) is 0. The highest BCUT2D eigenvalue weighted by Crippen LogP contribution is 2.28. The molecule has 0 saturated carbocycles. The third-order valence-electron chi connectivity index (χ3n) is 3.77. The van der Waals surface area contributed by atoms with Gasteiger partial charge in [-0.25, -0.2) is 0 Å². The summed E-state index contributed by atoms with van der Waals surface area (Å²) >= 11 is 3.60. The smallest absolute Gasteiger partial charge is 0.0692 e. The average Bonchev–Trinajstić information content (AvgIpc) is 2.76. The van der Waals surface area contributed by atoms with Crippen molar-refractivity contribution in [3.05, 3.63) is 16.4 Å². The van der Waals surface area contributed by atoms with Crippen molar-refractivity contribution in [3.8, 4) is 0 Å². The molecular formula is C14H24BrN3O. The molecule has 2 unspecified atom stereocenters. The van der Waals surface area contributed by atoms with E-state index in [1.54, 1.807) is 0 Å². The number of nitrogens with one attached hydrogen (secondary N) is 1. The summed E-state index contributed by atoms with van der Waals surface area (Å²) in [6, 6.07) is 0.345. The molecule has 1 aromatic rings. The topological polar surface area (TPSA) is 39.1 Å². The van der Waals surface area contributed by atoms with Gasteiger partial charge in [0.2, 0.25) is 0 Å². The first-order valence-corrected chi connectivity index (χ1v) is 8.04. The van der Waals surface area contributed by atoms with E-state index in [2.05, 4.69) is 33.3 Å². The summed E-state index contributed by atoms with van der Waals surface area (Å²) < 4.78 is 8.87. The zero-order valence-electron chi connectivity index (χ0n) is 11.9. The average molecular weight is 330 g/mol. The molecule has 2 rings (SSSR count). The van der Waals surface area contributed by atoms with Crippen molar-refractivity contribution in [1.29, 1.82) is 0 Å². The first-order valence-electron chi connectivity index (χ1n) is 7.24. The number of hydrogen-bond acceptors (Lipinski definition) is 3. The predicted molar refractivity (Wildman–Crippen MR) is 80.2 cm³/mol. The molecule has 0 bridgehead atoms. The normalized spacial score (nSPS) is 21.5. The lowest BCUT2D eigenvalue weighted by molar-refractivity contribution is 0.00843. The molecule has 0 radical (unpaired) electrons. The van der Waals surface area contributed by atoms with Crippen LogP contribution in [0.25, 0.3) is 0 Å². The summed E-state index contributed by atoms with van der Waals surface area (Å²) in [6.07, 6.45) is 8.28. The van der Waals surface area contributed by atoms with E-state index >= 15 is 0 Å². The summed E-state index contributed by atoms with van der Waals surface area (Å²) in [7, 11) is 2.00. The number of aryl methyl sites for hydroxylation is 1. The lowest BCUT2D eigenvalue weighted by Crippen LogP contribution is -2.26. The number of hydrogen-bond donors (Lipinski definition) is 1. The maximum atomic E-state index is 5.82. The molecule has 0 amide bonds. The van der Waals surface area contributed by atoms with Crippen LogP contribution < -0.4 is 5.32 Å². The van der Waals surface area contributed by atoms with Crippen molar-refractivity contribution in [2.45, 2.75) is 51.2 Å². The zero-order valence-corrected chi connectivity index (χ0v) is 13.4. The third-order valence-corrected chi connectivity index (χ3v) is 4.38. The van der Waals surface area contributed by atoms with Gasteiger partial charge in [-0.15, -0.1) is 0 Å². The van der Waals surface area contributed by atoms with Crippen molar-refractivity contribution < 1.29 is 4.74 Å². The lowest BCUT2D eigenvalue weighted by Gasteiger charge is -2.25. The molecule has 1 saturated heterocycles. The molecular weight excluding hydrogens is 306 g/mol. The Balaban J connectivity index is 1.96. The van der Waals surface area contributed by atoms with Gasteiger partial charge >= 0.3 is 0 Å². The minimum atomic E-state index is 0.345. The minimum Gasteiger partial charge on any atom is -0.378 e. The fourth-order valence-corrected chi connectivity index (χ4v) is 3.41. The van der Waals surface area contributed by atoms with E-state index in [0.29, 0.717) is 12.1 Å². The molecule has 1 aromatic heterocycles. The fourth-order valence-electron chi connectivity index (χ4n) is 2.78. The van der Waals surface area contributed by atoms with Crippen LogP contribution in [0, 0.1) is 0 Å². The van der Waals surface area contributed by atoms with Crippen molar-refractivity contribution in [3.63, 3.8) is 0 Å². The summed E-state index contributed by atoms with van der Waals surface area (Å²) in [5.41, 5.74) is 1.23. The zero-order chi connectivity index (χ0) is 13.7. The van der Waals surface area contributed by atoms with E-state index in [1.807, 2.05) is 17.9 Å². The van der Waals surface area contributed by atoms with Crippen molar-refractivity contribution in [2.75, 3.05) is 13.2 Å². The molecule has 0 aliphatic carbocycles. The van der Waals surface area contributed by atoms with Gasteiger partial charge in [0.1, 0.15) is 0 Å². The number of rotatable bonds is 6. The van der Waals surface area contributed by atoms with Crippen LogP contribution in [0.2, 0.25) is 0 Å². The standard InChI is InChI=1S/C14H24BrN3O/c1-3-16-13(14-12(15)10-17-18(14)2)8-7-11-6-4-5-9-19-11/h10-11,13,16H,3-9H2,1-2H3. The van der Waals surface area contributed by atoms with Crippen LogP contribution in [0.15, 0.2) is 10.7 Å². The van der Waals surface area contributed by atoms with E-state index < -0.39 is 0 Å². The highest BCUT2D eigenvalue weighted by atomic mass is 79.9. The second-order valence-electron chi connectivity index (χ2n) is 5.18. The summed E-state index contributed by atoms with van der Waals surface area (Å²) in [5, 5.41) is 7.87. The lowest BCUT2D eigenvalue weighted by atomic mass is 10.00. The van der Waals surface area contributed by atoms with Crippen LogP contribution in [0.1, 0.15) is 50.8 Å². The van der Waals surface area contributed by atoms with Gasteiger partial charge in [0.25, 0.3) is 0 Å². The quantitative estimate of drug-likeness (QED) is 0.871. The van der Waals surface area contributed by atoms with E-state index in [4.69, 9.17) is 4.74 Å². The van der Waals surface area contributed by atoms with Gasteiger partial charge in [0, 0.05) is 13.7 Å². The summed E-state index contributed by atoms with van der Waals surface area (Å²) in [6.45, 7) is 4.05. The highest BCUT2D eigenvalue weighted by molar-refractivity contribution is 9.10. The molecule has 2 atom stereocenters. The first-order chi connectivity index (χ1) is 9.22. The largest absolute Gasteiger partial charge is 0.378 e. The number of aromatic nitrogens is 2. The molecule has 1 aliphatic rings. The number of nitrogens with zero attached hydrogens (tertiary/aromatic N) is 2. The molecule has 1 aliphatic heterocycles. The van der Waals surface area contributed by atoms with Crippen LogP contribution in [0.5, 0.6) is 0 Å². The number of halogens is 1. The fraction of sp³-hybridized carbons (Fsp3) is 0.786. The Kier molecular flexibility index (Phi) is 5.85. The first kappa shape index (κ1) is 15.0. The van der Waals surface area contributed by atoms with Gasteiger partial charge in [-0.1, -0.05) is 6.92 Å². The van der Waals surface area contributed by atoms with Crippen LogP contribution in [-0.2, 0) is 11.8 Å². The van der Waals surface area contributed by atoms with E-state index in [9.17, 15) is 0 Å². The molecule has 19 heavy (non-hydrogen) atoms. The second kappa shape index (κ2) is 7.41. The summed E-state index contributed by atoms with van der Waals surface area (Å²) in [5.74, 6) is 0. The van der Waals surface area contributed by atoms with Crippen molar-refractivity contribution >= 4 is 15.9 Å². The molecule has 0 aromatic carbocycles. The van der Waals surface area contributed by atoms with Crippen molar-refractivity contribution in [1.82, 2.24) is 15.1 Å². The van der Waals surface area contributed by atoms with E-state index in [1.165, 1.54) is 25.0 Å². The Morgan fingerprint density at radius 1 is 1.58 bits per heavy atom. The van der Waals surface area contributed by atoms with Gasteiger partial charge in [-0.3, -0.25) is 4.68 Å². The minimum absolute atomic E-state index is 0.345. The Labute approximate surface area is 124 Å². The SMILES string of the molecule is CCNC(CCC1CCCCO1)c1c(Br)cnn1C. The van der Waals surface area contributed by atoms with Gasteiger partial charge in [0.15, 0.2) is 0 Å². The number of ether oxygens (including phenoxy) is 1. The molecule has 5 heteroatoms. The van der Waals surface area contributed by atoms with Crippen LogP contribution in [-0.4, -0.2) is 29.0 Å². The van der Waals surface area contributed by atoms with Gasteiger partial charge < -0.3 is 10.1 Å². The Morgan fingerprint density at radius 2 is 2.42 bits per heavy atom. The van der Waals surface area contributed by atoms with E-state index in [0.717, 1.165) is 30.5 Å². The monoisotopic (exact) mass is 329 g/mol. The van der Waals surface area contributed by atoms with Crippen LogP contribution in [0.3, 0.4) is 0 Å². The maximum Gasteiger partial charge on any atom is 0.0692 e. The highest BCUT2D eigenvalue weighted by Gasteiger charge is 2.21. The van der Waals surface area contributed by atoms with Crippen LogP contribution >= 0.6 is 15.9 Å². The molecule has 1 fully saturated rings. The van der Waals surface area contributed by atoms with Crippen molar-refractivity contribution in [2.24, 2.45) is 7.05 Å². The Morgan fingerprint density at radius 3 is 3.00 bits per heavy atom. The van der Waals surface area contributed by atoms with Gasteiger partial charge in [-0.2, -0.15) is 5.10 Å².